The van der Waals surface area contributed by atoms with E-state index in [4.69, 9.17) is 0 Å². The topological polar surface area (TPSA) is 40.7 Å². The molecule has 1 atom stereocenters. The van der Waals surface area contributed by atoms with E-state index < -0.39 is 0 Å². The summed E-state index contributed by atoms with van der Waals surface area (Å²) < 4.78 is 0. The Labute approximate surface area is 99.9 Å². The van der Waals surface area contributed by atoms with Crippen molar-refractivity contribution in [3.8, 4) is 10.6 Å². The first kappa shape index (κ1) is 11.4. The molecule has 2 rings (SSSR count). The van der Waals surface area contributed by atoms with E-state index in [2.05, 4.69) is 46.9 Å². The highest BCUT2D eigenvalue weighted by Gasteiger charge is 2.08. The minimum Gasteiger partial charge on any atom is -0.310 e. The average molecular weight is 235 g/mol. The summed E-state index contributed by atoms with van der Waals surface area (Å²) in [5.41, 5.74) is 2.38. The largest absolute Gasteiger partial charge is 0.310 e. The molecular formula is C12H17N3S. The second-order valence-electron chi connectivity index (χ2n) is 3.94. The lowest BCUT2D eigenvalue weighted by molar-refractivity contribution is 0.535. The fourth-order valence-electron chi connectivity index (χ4n) is 1.51. The standard InChI is InChI=1S/C12H17N3S/c1-3-9(2)13-7-10-8-14-15-12(10)11-5-4-6-16-11/h4-6,8-9,13H,3,7H2,1-2H3,(H,14,15). The molecule has 0 saturated heterocycles. The number of rotatable bonds is 5. The van der Waals surface area contributed by atoms with E-state index in [-0.39, 0.29) is 0 Å². The van der Waals surface area contributed by atoms with Crippen molar-refractivity contribution in [1.82, 2.24) is 15.5 Å². The van der Waals surface area contributed by atoms with Crippen LogP contribution in [-0.4, -0.2) is 16.2 Å². The molecule has 86 valence electrons. The van der Waals surface area contributed by atoms with Crippen molar-refractivity contribution in [2.75, 3.05) is 0 Å². The normalized spacial score (nSPS) is 12.9. The molecule has 16 heavy (non-hydrogen) atoms. The Kier molecular flexibility index (Phi) is 3.74. The zero-order chi connectivity index (χ0) is 11.4. The zero-order valence-electron chi connectivity index (χ0n) is 9.66. The van der Waals surface area contributed by atoms with Crippen molar-refractivity contribution >= 4 is 11.3 Å². The van der Waals surface area contributed by atoms with Crippen LogP contribution in [0.5, 0.6) is 0 Å². The highest BCUT2D eigenvalue weighted by molar-refractivity contribution is 7.13. The second-order valence-corrected chi connectivity index (χ2v) is 4.89. The van der Waals surface area contributed by atoms with Gasteiger partial charge in [-0.25, -0.2) is 0 Å². The van der Waals surface area contributed by atoms with Crippen LogP contribution in [0.15, 0.2) is 23.7 Å². The van der Waals surface area contributed by atoms with Gasteiger partial charge >= 0.3 is 0 Å². The molecule has 3 nitrogen and oxygen atoms in total. The predicted octanol–water partition coefficient (Wildman–Crippen LogP) is 3.03. The third-order valence-corrected chi connectivity index (χ3v) is 3.63. The van der Waals surface area contributed by atoms with E-state index in [0.29, 0.717) is 6.04 Å². The van der Waals surface area contributed by atoms with Gasteiger partial charge in [-0.05, 0) is 24.8 Å². The van der Waals surface area contributed by atoms with Crippen LogP contribution in [0.25, 0.3) is 10.6 Å². The van der Waals surface area contributed by atoms with Gasteiger partial charge in [0.1, 0.15) is 0 Å². The van der Waals surface area contributed by atoms with Crippen molar-refractivity contribution in [3.63, 3.8) is 0 Å². The Balaban J connectivity index is 2.08. The SMILES string of the molecule is CCC(C)NCc1cn[nH]c1-c1cccs1. The van der Waals surface area contributed by atoms with Gasteiger partial charge < -0.3 is 5.32 Å². The molecule has 0 aromatic carbocycles. The Hall–Kier alpha value is -1.13. The van der Waals surface area contributed by atoms with Crippen molar-refractivity contribution in [2.24, 2.45) is 0 Å². The third-order valence-electron chi connectivity index (χ3n) is 2.74. The fourth-order valence-corrected chi connectivity index (χ4v) is 2.26. The molecule has 4 heteroatoms. The molecule has 0 fully saturated rings. The molecule has 0 spiro atoms. The molecule has 1 unspecified atom stereocenters. The lowest BCUT2D eigenvalue weighted by atomic mass is 10.2. The van der Waals surface area contributed by atoms with Crippen molar-refractivity contribution < 1.29 is 0 Å². The molecule has 0 aliphatic rings. The van der Waals surface area contributed by atoms with E-state index in [0.717, 1.165) is 18.7 Å². The summed E-state index contributed by atoms with van der Waals surface area (Å²) >= 11 is 1.74. The van der Waals surface area contributed by atoms with Gasteiger partial charge in [0.15, 0.2) is 0 Å². The molecule has 0 aliphatic heterocycles. The second kappa shape index (κ2) is 5.27. The number of aromatic nitrogens is 2. The smallest absolute Gasteiger partial charge is 0.0794 e. The zero-order valence-corrected chi connectivity index (χ0v) is 10.5. The maximum Gasteiger partial charge on any atom is 0.0794 e. The molecule has 0 saturated carbocycles. The minimum atomic E-state index is 0.547. The molecule has 0 bridgehead atoms. The quantitative estimate of drug-likeness (QED) is 0.836. The lowest BCUT2D eigenvalue weighted by Gasteiger charge is -2.10. The number of H-pyrrole nitrogens is 1. The van der Waals surface area contributed by atoms with Crippen LogP contribution < -0.4 is 5.32 Å². The molecule has 2 aromatic heterocycles. The summed E-state index contributed by atoms with van der Waals surface area (Å²) in [4.78, 5) is 1.25. The maximum absolute atomic E-state index is 4.12. The Morgan fingerprint density at radius 1 is 1.56 bits per heavy atom. The molecule has 0 radical (unpaired) electrons. The van der Waals surface area contributed by atoms with Crippen molar-refractivity contribution in [1.29, 1.82) is 0 Å². The predicted molar refractivity (Wildman–Crippen MR) is 68.5 cm³/mol. The monoisotopic (exact) mass is 235 g/mol. The van der Waals surface area contributed by atoms with Gasteiger partial charge in [-0.1, -0.05) is 13.0 Å². The molecule has 2 heterocycles. The summed E-state index contributed by atoms with van der Waals surface area (Å²) in [6.45, 7) is 5.26. The van der Waals surface area contributed by atoms with E-state index in [1.54, 1.807) is 11.3 Å². The van der Waals surface area contributed by atoms with Crippen LogP contribution in [0, 0.1) is 0 Å². The van der Waals surface area contributed by atoms with E-state index in [1.165, 1.54) is 10.4 Å². The molecule has 2 aromatic rings. The van der Waals surface area contributed by atoms with Crippen LogP contribution in [0.4, 0.5) is 0 Å². The van der Waals surface area contributed by atoms with Crippen LogP contribution in [-0.2, 0) is 6.54 Å². The summed E-state index contributed by atoms with van der Waals surface area (Å²) in [7, 11) is 0. The molecule has 0 amide bonds. The van der Waals surface area contributed by atoms with Gasteiger partial charge in [-0.2, -0.15) is 5.10 Å². The van der Waals surface area contributed by atoms with Crippen molar-refractivity contribution in [2.45, 2.75) is 32.9 Å². The van der Waals surface area contributed by atoms with E-state index >= 15 is 0 Å². The average Bonchev–Trinajstić information content (AvgIpc) is 2.95. The summed E-state index contributed by atoms with van der Waals surface area (Å²) in [6, 6.07) is 4.73. The molecule has 0 aliphatic carbocycles. The van der Waals surface area contributed by atoms with Gasteiger partial charge in [-0.3, -0.25) is 5.10 Å². The Bertz CT molecular complexity index is 419. The highest BCUT2D eigenvalue weighted by Crippen LogP contribution is 2.25. The summed E-state index contributed by atoms with van der Waals surface area (Å²) in [6.07, 6.45) is 3.05. The van der Waals surface area contributed by atoms with Crippen molar-refractivity contribution in [3.05, 3.63) is 29.3 Å². The molecule has 2 N–H and O–H groups in total. The van der Waals surface area contributed by atoms with Gasteiger partial charge in [-0.15, -0.1) is 11.3 Å². The minimum absolute atomic E-state index is 0.547. The maximum atomic E-state index is 4.12. The first-order chi connectivity index (χ1) is 7.81. The number of hydrogen-bond acceptors (Lipinski definition) is 3. The van der Waals surface area contributed by atoms with Gasteiger partial charge in [0.05, 0.1) is 16.8 Å². The van der Waals surface area contributed by atoms with Gasteiger partial charge in [0, 0.05) is 18.2 Å². The fraction of sp³-hybridized carbons (Fsp3) is 0.417. The highest BCUT2D eigenvalue weighted by atomic mass is 32.1. The van der Waals surface area contributed by atoms with Crippen LogP contribution >= 0.6 is 11.3 Å². The number of nitrogens with zero attached hydrogens (tertiary/aromatic N) is 1. The molecular weight excluding hydrogens is 218 g/mol. The van der Waals surface area contributed by atoms with Crippen LogP contribution in [0.3, 0.4) is 0 Å². The lowest BCUT2D eigenvalue weighted by Crippen LogP contribution is -2.24. The van der Waals surface area contributed by atoms with Crippen LogP contribution in [0.2, 0.25) is 0 Å². The summed E-state index contributed by atoms with van der Waals surface area (Å²) in [5, 5.41) is 12.8. The number of hydrogen-bond donors (Lipinski definition) is 2. The van der Waals surface area contributed by atoms with E-state index in [1.807, 2.05) is 6.20 Å². The number of nitrogens with one attached hydrogen (secondary N) is 2. The third kappa shape index (κ3) is 2.51. The van der Waals surface area contributed by atoms with E-state index in [9.17, 15) is 0 Å². The first-order valence-electron chi connectivity index (χ1n) is 5.60. The van der Waals surface area contributed by atoms with Crippen LogP contribution in [0.1, 0.15) is 25.8 Å². The number of aromatic amines is 1. The number of thiophene rings is 1. The summed E-state index contributed by atoms with van der Waals surface area (Å²) in [5.74, 6) is 0. The first-order valence-corrected chi connectivity index (χ1v) is 6.48. The Morgan fingerprint density at radius 2 is 2.44 bits per heavy atom. The van der Waals surface area contributed by atoms with Gasteiger partial charge in [0.25, 0.3) is 0 Å². The van der Waals surface area contributed by atoms with Gasteiger partial charge in [0.2, 0.25) is 0 Å². The Morgan fingerprint density at radius 3 is 3.12 bits per heavy atom.